The third-order valence-corrected chi connectivity index (χ3v) is 19.9. The van der Waals surface area contributed by atoms with Gasteiger partial charge in [0.2, 0.25) is 0 Å². The average Bonchev–Trinajstić information content (AvgIpc) is 3.20. The summed E-state index contributed by atoms with van der Waals surface area (Å²) in [6.07, 6.45) is 10.0. The maximum atomic E-state index is 6.09. The van der Waals surface area contributed by atoms with E-state index < -0.39 is 5.31 Å². The first-order chi connectivity index (χ1) is 25.5. The Morgan fingerprint density at radius 1 is 0.635 bits per heavy atom. The number of nitrogens with zero attached hydrogens (tertiary/aromatic N) is 2. The Bertz CT molecular complexity index is 1770. The van der Waals surface area contributed by atoms with Crippen molar-refractivity contribution in [3.63, 3.8) is 0 Å². The number of ether oxygens (including phenoxy) is 1. The fraction of sp³-hybridized carbons (Fsp3) is 0.273. The first-order valence-electron chi connectivity index (χ1n) is 18.6. The Morgan fingerprint density at radius 3 is 1.69 bits per heavy atom. The quantitative estimate of drug-likeness (QED) is 0.0615. The van der Waals surface area contributed by atoms with Crippen LogP contribution in [0.1, 0.15) is 62.2 Å². The summed E-state index contributed by atoms with van der Waals surface area (Å²) in [5, 5.41) is 7.77. The number of halogens is 1. The van der Waals surface area contributed by atoms with Crippen LogP contribution in [0.15, 0.2) is 156 Å². The summed E-state index contributed by atoms with van der Waals surface area (Å²) in [5.74, 6) is 1.87. The number of hydrogen-bond acceptors (Lipinski definition) is 4. The molecular formula is C44H51BrN5OP. The predicted octanol–water partition coefficient (Wildman–Crippen LogP) is 8.74. The topological polar surface area (TPSA) is 84.0 Å². The summed E-state index contributed by atoms with van der Waals surface area (Å²) in [6, 6.07) is 51.8. The van der Waals surface area contributed by atoms with Gasteiger partial charge in [0.05, 0.1) is 0 Å². The molecule has 6 rings (SSSR count). The summed E-state index contributed by atoms with van der Waals surface area (Å²) in [5.41, 5.74) is 8.35. The van der Waals surface area contributed by atoms with Crippen LogP contribution in [0.25, 0.3) is 0 Å². The van der Waals surface area contributed by atoms with Crippen LogP contribution in [-0.4, -0.2) is 31.2 Å². The average molecular weight is 777 g/mol. The van der Waals surface area contributed by atoms with Gasteiger partial charge < -0.3 is 11.1 Å². The third-order valence-electron chi connectivity index (χ3n) is 9.87. The molecule has 52 heavy (non-hydrogen) atoms. The van der Waals surface area contributed by atoms with Gasteiger partial charge in [-0.1, -0.05) is 42.5 Å². The fourth-order valence-corrected chi connectivity index (χ4v) is 14.8. The Labute approximate surface area is 317 Å². The van der Waals surface area contributed by atoms with Gasteiger partial charge in [-0.25, -0.2) is 4.99 Å². The van der Waals surface area contributed by atoms with E-state index in [1.54, 1.807) is 0 Å². The molecule has 1 heterocycles. The molecule has 0 saturated heterocycles. The summed E-state index contributed by atoms with van der Waals surface area (Å²) in [6.45, 7) is 1.38. The minimum atomic E-state index is -2.82. The van der Waals surface area contributed by atoms with Gasteiger partial charge in [0.1, 0.15) is 0 Å². The van der Waals surface area contributed by atoms with Crippen LogP contribution in [0.3, 0.4) is 0 Å². The SMILES string of the molecule is NC1=NC(c2ccc(OCCCCCCCCCP(Br)(c3ccccc3)(c3ccccc3)c3ccccc3)cc2)NC(=NCCc2ccccc2)N1. The van der Waals surface area contributed by atoms with E-state index in [0.29, 0.717) is 18.5 Å². The van der Waals surface area contributed by atoms with Crippen molar-refractivity contribution in [1.29, 1.82) is 0 Å². The maximum absolute atomic E-state index is 6.09. The van der Waals surface area contributed by atoms with Gasteiger partial charge in [-0.15, -0.1) is 0 Å². The first kappa shape index (κ1) is 37.3. The second-order valence-electron chi connectivity index (χ2n) is 13.5. The molecule has 0 fully saturated rings. The van der Waals surface area contributed by atoms with E-state index in [2.05, 4.69) is 139 Å². The molecule has 0 saturated carbocycles. The van der Waals surface area contributed by atoms with Crippen LogP contribution < -0.4 is 37.0 Å². The van der Waals surface area contributed by atoms with E-state index in [4.69, 9.17) is 10.5 Å². The van der Waals surface area contributed by atoms with Crippen molar-refractivity contribution in [2.75, 3.05) is 19.3 Å². The molecule has 1 aliphatic heterocycles. The van der Waals surface area contributed by atoms with Crippen LogP contribution >= 0.6 is 20.8 Å². The molecule has 6 nitrogen and oxygen atoms in total. The van der Waals surface area contributed by atoms with E-state index in [-0.39, 0.29) is 6.17 Å². The van der Waals surface area contributed by atoms with Gasteiger partial charge in [-0.3, -0.25) is 10.3 Å². The van der Waals surface area contributed by atoms with Gasteiger partial charge >= 0.3 is 208 Å². The summed E-state index contributed by atoms with van der Waals surface area (Å²) in [4.78, 5) is 9.19. The molecular weight excluding hydrogens is 725 g/mol. The molecule has 1 atom stereocenters. The zero-order valence-electron chi connectivity index (χ0n) is 29.9. The number of guanidine groups is 2. The summed E-state index contributed by atoms with van der Waals surface area (Å²) >= 11 is 4.59. The van der Waals surface area contributed by atoms with E-state index >= 15 is 0 Å². The second-order valence-corrected chi connectivity index (χ2v) is 22.5. The van der Waals surface area contributed by atoms with E-state index in [0.717, 1.165) is 36.9 Å². The molecule has 5 aromatic rings. The van der Waals surface area contributed by atoms with Crippen LogP contribution in [0.4, 0.5) is 0 Å². The molecule has 1 unspecified atom stereocenters. The molecule has 0 radical (unpaired) electrons. The fourth-order valence-electron chi connectivity index (χ4n) is 7.06. The van der Waals surface area contributed by atoms with Crippen molar-refractivity contribution in [1.82, 2.24) is 10.6 Å². The van der Waals surface area contributed by atoms with Crippen LogP contribution in [0.5, 0.6) is 5.75 Å². The number of aliphatic imine (C=N–C) groups is 2. The molecule has 1 aliphatic rings. The van der Waals surface area contributed by atoms with Crippen molar-refractivity contribution >= 4 is 48.6 Å². The Morgan fingerprint density at radius 2 is 1.13 bits per heavy atom. The molecule has 4 N–H and O–H groups in total. The van der Waals surface area contributed by atoms with E-state index in [1.807, 2.05) is 42.5 Å². The van der Waals surface area contributed by atoms with Crippen molar-refractivity contribution in [3.8, 4) is 5.75 Å². The number of nitrogens with one attached hydrogen (secondary N) is 2. The minimum absolute atomic E-state index is 0.292. The van der Waals surface area contributed by atoms with Crippen molar-refractivity contribution in [3.05, 3.63) is 157 Å². The minimum Gasteiger partial charge on any atom is -0.330 e. The van der Waals surface area contributed by atoms with Crippen molar-refractivity contribution in [2.24, 2.45) is 15.7 Å². The zero-order valence-corrected chi connectivity index (χ0v) is 32.4. The summed E-state index contributed by atoms with van der Waals surface area (Å²) in [7, 11) is 0. The van der Waals surface area contributed by atoms with Crippen LogP contribution in [-0.2, 0) is 6.42 Å². The third kappa shape index (κ3) is 9.31. The predicted molar refractivity (Wildman–Crippen MR) is 226 cm³/mol. The van der Waals surface area contributed by atoms with Gasteiger partial charge in [-0.05, 0) is 17.5 Å². The van der Waals surface area contributed by atoms with Gasteiger partial charge in [0.15, 0.2) is 18.1 Å². The molecule has 0 amide bonds. The number of benzene rings is 5. The Hall–Kier alpha value is -4.45. The molecule has 0 aliphatic carbocycles. The molecule has 0 aromatic heterocycles. The zero-order chi connectivity index (χ0) is 35.9. The molecule has 0 bridgehead atoms. The number of unbranched alkanes of at least 4 members (excludes halogenated alkanes) is 6. The molecule has 5 aromatic carbocycles. The monoisotopic (exact) mass is 775 g/mol. The standard InChI is InChI=1S/C44H51BrN5OP/c45-52(39-22-12-7-13-23-39,40-24-14-8-15-25-40,41-26-16-9-17-27-41)35-19-5-3-1-2-4-18-34-51-38-30-28-37(29-31-38)42-48-43(46)50-44(49-42)47-33-32-36-20-10-6-11-21-36/h6-17,20-31,42H,1-5,18-19,32-35H2,(H4,46,47,48,49,50). The van der Waals surface area contributed by atoms with E-state index in [1.165, 1.54) is 60.0 Å². The Kier molecular flexibility index (Phi) is 13.2. The van der Waals surface area contributed by atoms with Crippen molar-refractivity contribution < 1.29 is 4.74 Å². The normalized spacial score (nSPS) is 15.9. The number of rotatable bonds is 18. The second kappa shape index (κ2) is 18.3. The molecule has 270 valence electrons. The van der Waals surface area contributed by atoms with Gasteiger partial charge in [-0.2, -0.15) is 0 Å². The smallest absolute Gasteiger partial charge is 0.330 e. The van der Waals surface area contributed by atoms with Gasteiger partial charge in [0.25, 0.3) is 0 Å². The van der Waals surface area contributed by atoms with E-state index in [9.17, 15) is 0 Å². The molecule has 8 heteroatoms. The van der Waals surface area contributed by atoms with Gasteiger partial charge in [0, 0.05) is 6.54 Å². The first-order valence-corrected chi connectivity index (χ1v) is 23.0. The van der Waals surface area contributed by atoms with Crippen LogP contribution in [0.2, 0.25) is 0 Å². The molecule has 0 spiro atoms. The van der Waals surface area contributed by atoms with Crippen molar-refractivity contribution in [2.45, 2.75) is 57.5 Å². The number of hydrogen-bond donors (Lipinski definition) is 3. The van der Waals surface area contributed by atoms with Crippen LogP contribution in [0, 0.1) is 0 Å². The summed E-state index contributed by atoms with van der Waals surface area (Å²) < 4.78 is 6.09. The number of nitrogens with two attached hydrogens (primary N) is 1. The Balaban J connectivity index is 0.923.